The molecule has 0 unspecified atom stereocenters. The Balaban J connectivity index is 2.14. The van der Waals surface area contributed by atoms with Crippen LogP contribution in [-0.2, 0) is 13.0 Å². The van der Waals surface area contributed by atoms with E-state index in [0.717, 1.165) is 28.9 Å². The molecule has 0 fully saturated rings. The molecule has 0 spiro atoms. The summed E-state index contributed by atoms with van der Waals surface area (Å²) in [7, 11) is 1.70. The Labute approximate surface area is 126 Å². The fourth-order valence-electron chi connectivity index (χ4n) is 1.98. The third-order valence-corrected chi connectivity index (χ3v) is 4.68. The number of anilines is 1. The molecule has 0 aliphatic rings. The van der Waals surface area contributed by atoms with Gasteiger partial charge >= 0.3 is 0 Å². The van der Waals surface area contributed by atoms with E-state index in [2.05, 4.69) is 53.3 Å². The van der Waals surface area contributed by atoms with Crippen molar-refractivity contribution in [3.05, 3.63) is 44.1 Å². The summed E-state index contributed by atoms with van der Waals surface area (Å²) in [5.41, 5.74) is 2.25. The summed E-state index contributed by atoms with van der Waals surface area (Å²) < 4.78 is 6.47. The maximum atomic E-state index is 5.43. The zero-order chi connectivity index (χ0) is 13.8. The van der Waals surface area contributed by atoms with Crippen molar-refractivity contribution in [1.29, 1.82) is 0 Å². The molecule has 0 saturated carbocycles. The highest BCUT2D eigenvalue weighted by molar-refractivity contribution is 9.10. The Morgan fingerprint density at radius 1 is 1.26 bits per heavy atom. The van der Waals surface area contributed by atoms with Crippen molar-refractivity contribution in [2.75, 3.05) is 12.4 Å². The van der Waals surface area contributed by atoms with E-state index in [1.165, 1.54) is 15.3 Å². The summed E-state index contributed by atoms with van der Waals surface area (Å²) in [4.78, 5) is 2.78. The number of thiophene rings is 1. The maximum Gasteiger partial charge on any atom is 0.143 e. The van der Waals surface area contributed by atoms with Crippen molar-refractivity contribution in [3.63, 3.8) is 0 Å². The Bertz CT molecular complexity index is 565. The molecular formula is C15H18BrNOS. The van der Waals surface area contributed by atoms with Gasteiger partial charge in [0.25, 0.3) is 0 Å². The number of nitrogens with one attached hydrogen (secondary N) is 1. The first-order valence-electron chi connectivity index (χ1n) is 6.29. The molecule has 0 aliphatic heterocycles. The number of methoxy groups -OCH3 is 1. The van der Waals surface area contributed by atoms with Crippen LogP contribution >= 0.6 is 27.3 Å². The molecule has 0 amide bonds. The lowest BCUT2D eigenvalue weighted by atomic mass is 10.2. The summed E-state index contributed by atoms with van der Waals surface area (Å²) in [5.74, 6) is 0.874. The third kappa shape index (κ3) is 3.51. The van der Waals surface area contributed by atoms with Crippen LogP contribution in [0.4, 0.5) is 5.69 Å². The molecule has 0 bridgehead atoms. The van der Waals surface area contributed by atoms with E-state index < -0.39 is 0 Å². The summed E-state index contributed by atoms with van der Waals surface area (Å²) in [6.45, 7) is 5.11. The Kier molecular flexibility index (Phi) is 4.88. The topological polar surface area (TPSA) is 21.3 Å². The second-order valence-corrected chi connectivity index (χ2v) is 6.54. The molecule has 2 nitrogen and oxygen atoms in total. The molecule has 1 heterocycles. The van der Waals surface area contributed by atoms with Gasteiger partial charge in [0.1, 0.15) is 5.75 Å². The SMILES string of the molecule is CCc1ccc(CNc2c(C)cc(Br)cc2OC)s1. The molecule has 0 aliphatic carbocycles. The number of aryl methyl sites for hydroxylation is 2. The first-order valence-corrected chi connectivity index (χ1v) is 7.90. The lowest BCUT2D eigenvalue weighted by molar-refractivity contribution is 0.416. The van der Waals surface area contributed by atoms with Crippen molar-refractivity contribution in [2.24, 2.45) is 0 Å². The van der Waals surface area contributed by atoms with Gasteiger partial charge < -0.3 is 10.1 Å². The summed E-state index contributed by atoms with van der Waals surface area (Å²) >= 11 is 5.35. The fourth-order valence-corrected chi connectivity index (χ4v) is 3.43. The van der Waals surface area contributed by atoms with Crippen LogP contribution in [0.2, 0.25) is 0 Å². The highest BCUT2D eigenvalue weighted by Gasteiger charge is 2.08. The van der Waals surface area contributed by atoms with Crippen molar-refractivity contribution in [3.8, 4) is 5.75 Å². The van der Waals surface area contributed by atoms with Crippen LogP contribution in [0.1, 0.15) is 22.2 Å². The third-order valence-electron chi connectivity index (χ3n) is 2.99. The fraction of sp³-hybridized carbons (Fsp3) is 0.333. The zero-order valence-corrected chi connectivity index (χ0v) is 13.8. The highest BCUT2D eigenvalue weighted by Crippen LogP contribution is 2.32. The van der Waals surface area contributed by atoms with E-state index in [4.69, 9.17) is 4.74 Å². The lowest BCUT2D eigenvalue weighted by Gasteiger charge is -2.14. The van der Waals surface area contributed by atoms with Crippen LogP contribution in [0.5, 0.6) is 5.75 Å². The van der Waals surface area contributed by atoms with Crippen molar-refractivity contribution in [1.82, 2.24) is 0 Å². The van der Waals surface area contributed by atoms with E-state index in [1.54, 1.807) is 7.11 Å². The molecule has 0 saturated heterocycles. The summed E-state index contributed by atoms with van der Waals surface area (Å²) in [6, 6.07) is 8.47. The molecule has 1 N–H and O–H groups in total. The molecule has 102 valence electrons. The average molecular weight is 340 g/mol. The molecule has 2 rings (SSSR count). The van der Waals surface area contributed by atoms with Gasteiger partial charge in [-0.2, -0.15) is 0 Å². The largest absolute Gasteiger partial charge is 0.495 e. The number of benzene rings is 1. The monoisotopic (exact) mass is 339 g/mol. The van der Waals surface area contributed by atoms with Gasteiger partial charge in [-0.1, -0.05) is 22.9 Å². The Morgan fingerprint density at radius 2 is 2.00 bits per heavy atom. The standard InChI is InChI=1S/C15H18BrNOS/c1-4-12-5-6-13(19-12)9-17-15-10(2)7-11(16)8-14(15)18-3/h5-8,17H,4,9H2,1-3H3. The molecule has 0 atom stereocenters. The first-order chi connectivity index (χ1) is 9.13. The molecule has 2 aromatic rings. The van der Waals surface area contributed by atoms with E-state index in [-0.39, 0.29) is 0 Å². The molecule has 4 heteroatoms. The van der Waals surface area contributed by atoms with E-state index in [1.807, 2.05) is 17.4 Å². The molecule has 1 aromatic heterocycles. The van der Waals surface area contributed by atoms with Crippen molar-refractivity contribution in [2.45, 2.75) is 26.8 Å². The predicted molar refractivity (Wildman–Crippen MR) is 86.5 cm³/mol. The quantitative estimate of drug-likeness (QED) is 0.827. The second-order valence-electron chi connectivity index (χ2n) is 4.38. The Morgan fingerprint density at radius 3 is 2.63 bits per heavy atom. The van der Waals surface area contributed by atoms with E-state index in [9.17, 15) is 0 Å². The number of rotatable bonds is 5. The van der Waals surface area contributed by atoms with Crippen LogP contribution in [0, 0.1) is 6.92 Å². The summed E-state index contributed by atoms with van der Waals surface area (Å²) in [6.07, 6.45) is 1.10. The van der Waals surface area contributed by atoms with Gasteiger partial charge in [0.2, 0.25) is 0 Å². The molecule has 0 radical (unpaired) electrons. The Hall–Kier alpha value is -1.000. The van der Waals surface area contributed by atoms with Crippen LogP contribution in [-0.4, -0.2) is 7.11 Å². The predicted octanol–water partition coefficient (Wildman–Crippen LogP) is 5.00. The van der Waals surface area contributed by atoms with Crippen molar-refractivity contribution < 1.29 is 4.74 Å². The molecule has 19 heavy (non-hydrogen) atoms. The van der Waals surface area contributed by atoms with Crippen LogP contribution in [0.15, 0.2) is 28.7 Å². The minimum absolute atomic E-state index is 0.837. The van der Waals surface area contributed by atoms with Crippen molar-refractivity contribution >= 4 is 33.0 Å². The number of halogens is 1. The number of hydrogen-bond donors (Lipinski definition) is 1. The van der Waals surface area contributed by atoms with Gasteiger partial charge in [0, 0.05) is 20.8 Å². The van der Waals surface area contributed by atoms with Crippen LogP contribution in [0.3, 0.4) is 0 Å². The van der Waals surface area contributed by atoms with Crippen LogP contribution in [0.25, 0.3) is 0 Å². The van der Waals surface area contributed by atoms with E-state index in [0.29, 0.717) is 0 Å². The lowest BCUT2D eigenvalue weighted by Crippen LogP contribution is -2.02. The van der Waals surface area contributed by atoms with Gasteiger partial charge in [-0.15, -0.1) is 11.3 Å². The minimum atomic E-state index is 0.837. The van der Waals surface area contributed by atoms with Gasteiger partial charge in [-0.3, -0.25) is 0 Å². The van der Waals surface area contributed by atoms with Gasteiger partial charge in [0.05, 0.1) is 12.8 Å². The van der Waals surface area contributed by atoms with Crippen LogP contribution < -0.4 is 10.1 Å². The average Bonchev–Trinajstić information content (AvgIpc) is 2.84. The normalized spacial score (nSPS) is 10.5. The van der Waals surface area contributed by atoms with Gasteiger partial charge in [0.15, 0.2) is 0 Å². The highest BCUT2D eigenvalue weighted by atomic mass is 79.9. The second kappa shape index (κ2) is 6.44. The minimum Gasteiger partial charge on any atom is -0.495 e. The molecule has 1 aromatic carbocycles. The number of hydrogen-bond acceptors (Lipinski definition) is 3. The zero-order valence-electron chi connectivity index (χ0n) is 11.4. The van der Waals surface area contributed by atoms with E-state index >= 15 is 0 Å². The smallest absolute Gasteiger partial charge is 0.143 e. The number of ether oxygens (including phenoxy) is 1. The summed E-state index contributed by atoms with van der Waals surface area (Å²) in [5, 5.41) is 3.48. The first kappa shape index (κ1) is 14.4. The van der Waals surface area contributed by atoms with Gasteiger partial charge in [-0.05, 0) is 43.2 Å². The van der Waals surface area contributed by atoms with Gasteiger partial charge in [-0.25, -0.2) is 0 Å². The molecular weight excluding hydrogens is 322 g/mol. The maximum absolute atomic E-state index is 5.43.